The molecule has 0 aromatic heterocycles. The molecular weight excluding hydrogens is 194 g/mol. The standard InChI is InChI=1S/C8H15NOS.ClH/c1-4-10-5-2-8(1)7-9-3-6-11-8;/h9H,1-7H2;1H. The number of ether oxygens (including phenoxy) is 1. The third kappa shape index (κ3) is 2.28. The van der Waals surface area contributed by atoms with Crippen molar-refractivity contribution in [3.8, 4) is 0 Å². The van der Waals surface area contributed by atoms with Gasteiger partial charge in [0, 0.05) is 36.8 Å². The van der Waals surface area contributed by atoms with Crippen molar-refractivity contribution in [3.63, 3.8) is 0 Å². The zero-order valence-electron chi connectivity index (χ0n) is 7.17. The van der Waals surface area contributed by atoms with E-state index in [0.717, 1.165) is 13.2 Å². The van der Waals surface area contributed by atoms with E-state index in [1.165, 1.54) is 31.7 Å². The molecule has 4 heteroatoms. The summed E-state index contributed by atoms with van der Waals surface area (Å²) in [5.74, 6) is 1.28. The first kappa shape index (κ1) is 10.6. The molecule has 0 saturated carbocycles. The first-order valence-corrected chi connectivity index (χ1v) is 5.32. The molecule has 2 saturated heterocycles. The molecule has 1 spiro atoms. The molecule has 0 atom stereocenters. The highest BCUT2D eigenvalue weighted by Gasteiger charge is 2.34. The average molecular weight is 210 g/mol. The maximum absolute atomic E-state index is 5.36. The molecule has 0 aliphatic carbocycles. The lowest BCUT2D eigenvalue weighted by atomic mass is 9.99. The van der Waals surface area contributed by atoms with Crippen molar-refractivity contribution < 1.29 is 4.74 Å². The number of hydrogen-bond donors (Lipinski definition) is 1. The molecule has 0 aromatic carbocycles. The van der Waals surface area contributed by atoms with Crippen molar-refractivity contribution in [2.24, 2.45) is 0 Å². The predicted octanol–water partition coefficient (Wildman–Crippen LogP) is 1.29. The van der Waals surface area contributed by atoms with Gasteiger partial charge in [0.15, 0.2) is 0 Å². The normalized spacial score (nSPS) is 28.0. The number of halogens is 1. The Morgan fingerprint density at radius 3 is 2.58 bits per heavy atom. The first-order valence-electron chi connectivity index (χ1n) is 4.34. The first-order chi connectivity index (χ1) is 5.41. The number of thioether (sulfide) groups is 1. The molecule has 1 N–H and O–H groups in total. The molecule has 12 heavy (non-hydrogen) atoms. The lowest BCUT2D eigenvalue weighted by Crippen LogP contribution is -2.47. The minimum atomic E-state index is 0. The Labute approximate surface area is 84.2 Å². The summed E-state index contributed by atoms with van der Waals surface area (Å²) in [5.41, 5.74) is 0. The largest absolute Gasteiger partial charge is 0.381 e. The molecular formula is C8H16ClNOS. The zero-order valence-corrected chi connectivity index (χ0v) is 8.81. The second-order valence-corrected chi connectivity index (χ2v) is 4.88. The molecule has 72 valence electrons. The van der Waals surface area contributed by atoms with Gasteiger partial charge in [-0.2, -0.15) is 11.8 Å². The smallest absolute Gasteiger partial charge is 0.0479 e. The molecule has 0 radical (unpaired) electrons. The monoisotopic (exact) mass is 209 g/mol. The molecule has 0 amide bonds. The Bertz CT molecular complexity index is 114. The minimum absolute atomic E-state index is 0. The van der Waals surface area contributed by atoms with Crippen LogP contribution in [0, 0.1) is 0 Å². The lowest BCUT2D eigenvalue weighted by Gasteiger charge is -2.39. The van der Waals surface area contributed by atoms with Gasteiger partial charge in [0.25, 0.3) is 0 Å². The lowest BCUT2D eigenvalue weighted by molar-refractivity contribution is 0.0765. The van der Waals surface area contributed by atoms with E-state index in [4.69, 9.17) is 4.74 Å². The maximum Gasteiger partial charge on any atom is 0.0479 e. The van der Waals surface area contributed by atoms with E-state index < -0.39 is 0 Å². The topological polar surface area (TPSA) is 21.3 Å². The van der Waals surface area contributed by atoms with Crippen LogP contribution in [-0.2, 0) is 4.74 Å². The summed E-state index contributed by atoms with van der Waals surface area (Å²) in [6.07, 6.45) is 2.48. The highest BCUT2D eigenvalue weighted by molar-refractivity contribution is 8.00. The third-order valence-corrected chi connectivity index (χ3v) is 4.11. The molecule has 2 rings (SSSR count). The second-order valence-electron chi connectivity index (χ2n) is 3.32. The highest BCUT2D eigenvalue weighted by Crippen LogP contribution is 2.36. The van der Waals surface area contributed by atoms with Gasteiger partial charge in [-0.3, -0.25) is 0 Å². The maximum atomic E-state index is 5.36. The third-order valence-electron chi connectivity index (χ3n) is 2.54. The number of rotatable bonds is 0. The van der Waals surface area contributed by atoms with Gasteiger partial charge in [0.1, 0.15) is 0 Å². The fourth-order valence-corrected chi connectivity index (χ4v) is 3.11. The van der Waals surface area contributed by atoms with Crippen LogP contribution in [0.2, 0.25) is 0 Å². The molecule has 2 heterocycles. The molecule has 2 nitrogen and oxygen atoms in total. The Kier molecular flexibility index (Phi) is 4.17. The quantitative estimate of drug-likeness (QED) is 0.650. The Morgan fingerprint density at radius 1 is 1.25 bits per heavy atom. The molecule has 0 unspecified atom stereocenters. The van der Waals surface area contributed by atoms with Gasteiger partial charge in [0.05, 0.1) is 0 Å². The van der Waals surface area contributed by atoms with E-state index in [1.54, 1.807) is 0 Å². The minimum Gasteiger partial charge on any atom is -0.381 e. The van der Waals surface area contributed by atoms with Gasteiger partial charge in [-0.15, -0.1) is 12.4 Å². The van der Waals surface area contributed by atoms with E-state index in [-0.39, 0.29) is 12.4 Å². The summed E-state index contributed by atoms with van der Waals surface area (Å²) in [6.45, 7) is 4.32. The molecule has 2 fully saturated rings. The van der Waals surface area contributed by atoms with Gasteiger partial charge in [-0.25, -0.2) is 0 Å². The second kappa shape index (κ2) is 4.70. The Hall–Kier alpha value is 0.560. The average Bonchev–Trinajstić information content (AvgIpc) is 2.07. The molecule has 2 aliphatic rings. The van der Waals surface area contributed by atoms with Crippen LogP contribution in [0.1, 0.15) is 12.8 Å². The van der Waals surface area contributed by atoms with Gasteiger partial charge >= 0.3 is 0 Å². The fourth-order valence-electron chi connectivity index (χ4n) is 1.77. The molecule has 0 bridgehead atoms. The molecule has 2 aliphatic heterocycles. The van der Waals surface area contributed by atoms with Crippen molar-refractivity contribution in [1.82, 2.24) is 5.32 Å². The van der Waals surface area contributed by atoms with E-state index in [2.05, 4.69) is 17.1 Å². The van der Waals surface area contributed by atoms with Gasteiger partial charge in [-0.05, 0) is 12.8 Å². The van der Waals surface area contributed by atoms with Crippen molar-refractivity contribution in [2.75, 3.05) is 32.1 Å². The summed E-state index contributed by atoms with van der Waals surface area (Å²) in [6, 6.07) is 0. The summed E-state index contributed by atoms with van der Waals surface area (Å²) < 4.78 is 5.89. The molecule has 0 aromatic rings. The summed E-state index contributed by atoms with van der Waals surface area (Å²) in [5, 5.41) is 3.47. The Balaban J connectivity index is 0.000000720. The van der Waals surface area contributed by atoms with E-state index in [1.807, 2.05) is 0 Å². The van der Waals surface area contributed by atoms with E-state index in [9.17, 15) is 0 Å². The van der Waals surface area contributed by atoms with Gasteiger partial charge < -0.3 is 10.1 Å². The van der Waals surface area contributed by atoms with Crippen molar-refractivity contribution in [3.05, 3.63) is 0 Å². The summed E-state index contributed by atoms with van der Waals surface area (Å²) in [7, 11) is 0. The van der Waals surface area contributed by atoms with Crippen molar-refractivity contribution in [2.45, 2.75) is 17.6 Å². The van der Waals surface area contributed by atoms with Crippen molar-refractivity contribution >= 4 is 24.2 Å². The van der Waals surface area contributed by atoms with E-state index >= 15 is 0 Å². The number of hydrogen-bond acceptors (Lipinski definition) is 3. The number of nitrogens with one attached hydrogen (secondary N) is 1. The highest BCUT2D eigenvalue weighted by atomic mass is 35.5. The van der Waals surface area contributed by atoms with Crippen LogP contribution < -0.4 is 5.32 Å². The van der Waals surface area contributed by atoms with Crippen LogP contribution in [0.25, 0.3) is 0 Å². The van der Waals surface area contributed by atoms with Crippen LogP contribution >= 0.6 is 24.2 Å². The van der Waals surface area contributed by atoms with Crippen LogP contribution in [0.5, 0.6) is 0 Å². The van der Waals surface area contributed by atoms with Crippen LogP contribution in [0.4, 0.5) is 0 Å². The summed E-state index contributed by atoms with van der Waals surface area (Å²) >= 11 is 2.14. The van der Waals surface area contributed by atoms with Crippen LogP contribution in [-0.4, -0.2) is 36.8 Å². The summed E-state index contributed by atoms with van der Waals surface area (Å²) in [4.78, 5) is 0. The zero-order chi connectivity index (χ0) is 7.57. The SMILES string of the molecule is C1CSC2(CCOCC2)CN1.Cl. The Morgan fingerprint density at radius 2 is 2.00 bits per heavy atom. The van der Waals surface area contributed by atoms with Crippen LogP contribution in [0.3, 0.4) is 0 Å². The van der Waals surface area contributed by atoms with Gasteiger partial charge in [0.2, 0.25) is 0 Å². The van der Waals surface area contributed by atoms with E-state index in [0.29, 0.717) is 4.75 Å². The van der Waals surface area contributed by atoms with Crippen LogP contribution in [0.15, 0.2) is 0 Å². The van der Waals surface area contributed by atoms with Crippen molar-refractivity contribution in [1.29, 1.82) is 0 Å². The van der Waals surface area contributed by atoms with Gasteiger partial charge in [-0.1, -0.05) is 0 Å². The fraction of sp³-hybridized carbons (Fsp3) is 1.00. The predicted molar refractivity (Wildman–Crippen MR) is 55.4 cm³/mol.